The molecule has 0 fully saturated rings. The van der Waals surface area contributed by atoms with Crippen molar-refractivity contribution in [1.82, 2.24) is 5.32 Å². The fraction of sp³-hybridized carbons (Fsp3) is 0.643. The van der Waals surface area contributed by atoms with E-state index in [4.69, 9.17) is 5.73 Å². The van der Waals surface area contributed by atoms with Gasteiger partial charge in [0.1, 0.15) is 0 Å². The quantitative estimate of drug-likeness (QED) is 0.833. The topological polar surface area (TPSA) is 55.1 Å². The first-order chi connectivity index (χ1) is 8.45. The number of amides is 1. The monoisotopic (exact) mass is 268 g/mol. The van der Waals surface area contributed by atoms with E-state index in [1.54, 1.807) is 11.3 Å². The molecule has 1 heterocycles. The van der Waals surface area contributed by atoms with Crippen LogP contribution in [-0.4, -0.2) is 11.9 Å². The maximum absolute atomic E-state index is 11.9. The average molecular weight is 268 g/mol. The number of carbonyl (C=O) groups is 1. The zero-order valence-electron chi connectivity index (χ0n) is 11.7. The summed E-state index contributed by atoms with van der Waals surface area (Å²) in [4.78, 5) is 14.5. The molecule has 1 unspecified atom stereocenters. The molecule has 0 aliphatic carbocycles. The lowest BCUT2D eigenvalue weighted by Crippen LogP contribution is -2.41. The van der Waals surface area contributed by atoms with Crippen molar-refractivity contribution >= 4 is 17.2 Å². The van der Waals surface area contributed by atoms with Gasteiger partial charge in [0, 0.05) is 9.75 Å². The Labute approximate surface area is 114 Å². The normalized spacial score (nSPS) is 14.3. The predicted octanol–water partition coefficient (Wildman–Crippen LogP) is 3.06. The first kappa shape index (κ1) is 15.2. The highest BCUT2D eigenvalue weighted by Gasteiger charge is 2.18. The Morgan fingerprint density at radius 1 is 1.50 bits per heavy atom. The van der Waals surface area contributed by atoms with Crippen LogP contribution in [0.25, 0.3) is 0 Å². The fourth-order valence-corrected chi connectivity index (χ4v) is 3.06. The van der Waals surface area contributed by atoms with Gasteiger partial charge in [-0.1, -0.05) is 19.8 Å². The molecule has 0 radical (unpaired) electrons. The van der Waals surface area contributed by atoms with Crippen LogP contribution in [0.2, 0.25) is 0 Å². The Bertz CT molecular complexity index is 400. The van der Waals surface area contributed by atoms with Crippen LogP contribution < -0.4 is 11.1 Å². The summed E-state index contributed by atoms with van der Waals surface area (Å²) in [5.41, 5.74) is 7.07. The van der Waals surface area contributed by atoms with Crippen LogP contribution in [-0.2, 0) is 4.79 Å². The minimum Gasteiger partial charge on any atom is -0.348 e. The smallest absolute Gasteiger partial charge is 0.237 e. The van der Waals surface area contributed by atoms with Crippen LogP contribution >= 0.6 is 11.3 Å². The number of carbonyl (C=O) groups excluding carboxylic acids is 1. The molecule has 1 amide bonds. The van der Waals surface area contributed by atoms with Gasteiger partial charge in [0.25, 0.3) is 0 Å². The van der Waals surface area contributed by atoms with E-state index in [2.05, 4.69) is 32.2 Å². The second-order valence-corrected chi connectivity index (χ2v) is 6.31. The highest BCUT2D eigenvalue weighted by Crippen LogP contribution is 2.26. The SMILES string of the molecule is CCCC[C@H](N)C(=O)NC(C)c1cc(C)sc1C. The molecule has 1 aromatic heterocycles. The number of hydrogen-bond acceptors (Lipinski definition) is 3. The summed E-state index contributed by atoms with van der Waals surface area (Å²) < 4.78 is 0. The van der Waals surface area contributed by atoms with Crippen LogP contribution in [0.4, 0.5) is 0 Å². The first-order valence-corrected chi connectivity index (χ1v) is 7.40. The highest BCUT2D eigenvalue weighted by molar-refractivity contribution is 7.12. The van der Waals surface area contributed by atoms with Crippen molar-refractivity contribution in [3.63, 3.8) is 0 Å². The number of hydrogen-bond donors (Lipinski definition) is 2. The van der Waals surface area contributed by atoms with Crippen molar-refractivity contribution in [3.05, 3.63) is 21.4 Å². The molecule has 0 saturated heterocycles. The lowest BCUT2D eigenvalue weighted by molar-refractivity contribution is -0.123. The van der Waals surface area contributed by atoms with Gasteiger partial charge in [-0.2, -0.15) is 0 Å². The molecule has 0 aliphatic heterocycles. The second-order valence-electron chi connectivity index (χ2n) is 4.85. The van der Waals surface area contributed by atoms with Crippen LogP contribution in [0.1, 0.15) is 54.5 Å². The second kappa shape index (κ2) is 6.90. The lowest BCUT2D eigenvalue weighted by atomic mass is 10.1. The van der Waals surface area contributed by atoms with Gasteiger partial charge in [-0.15, -0.1) is 11.3 Å². The fourth-order valence-electron chi connectivity index (χ4n) is 2.03. The van der Waals surface area contributed by atoms with Crippen LogP contribution in [0, 0.1) is 13.8 Å². The van der Waals surface area contributed by atoms with E-state index >= 15 is 0 Å². The van der Waals surface area contributed by atoms with Crippen molar-refractivity contribution < 1.29 is 4.79 Å². The van der Waals surface area contributed by atoms with E-state index < -0.39 is 0 Å². The molecule has 0 aliphatic rings. The lowest BCUT2D eigenvalue weighted by Gasteiger charge is -2.17. The maximum Gasteiger partial charge on any atom is 0.237 e. The van der Waals surface area contributed by atoms with Crippen LogP contribution in [0.3, 0.4) is 0 Å². The Morgan fingerprint density at radius 2 is 2.17 bits per heavy atom. The maximum atomic E-state index is 11.9. The molecule has 2 atom stereocenters. The third-order valence-corrected chi connectivity index (χ3v) is 4.09. The molecule has 102 valence electrons. The van der Waals surface area contributed by atoms with Gasteiger partial charge < -0.3 is 11.1 Å². The van der Waals surface area contributed by atoms with Gasteiger partial charge in [0.15, 0.2) is 0 Å². The molecule has 3 nitrogen and oxygen atoms in total. The molecule has 3 N–H and O–H groups in total. The molecule has 0 spiro atoms. The van der Waals surface area contributed by atoms with Gasteiger partial charge >= 0.3 is 0 Å². The average Bonchev–Trinajstić information content (AvgIpc) is 2.65. The van der Waals surface area contributed by atoms with Gasteiger partial charge in [-0.3, -0.25) is 4.79 Å². The van der Waals surface area contributed by atoms with Gasteiger partial charge in [0.2, 0.25) is 5.91 Å². The van der Waals surface area contributed by atoms with Crippen molar-refractivity contribution in [1.29, 1.82) is 0 Å². The molecule has 1 aromatic rings. The minimum atomic E-state index is -0.382. The zero-order valence-corrected chi connectivity index (χ0v) is 12.6. The number of aryl methyl sites for hydroxylation is 2. The third-order valence-electron chi connectivity index (χ3n) is 3.11. The number of thiophene rings is 1. The Balaban J connectivity index is 2.56. The number of unbranched alkanes of at least 4 members (excludes halogenated alkanes) is 1. The standard InChI is InChI=1S/C14H24N2OS/c1-5-6-7-13(15)14(17)16-10(3)12-8-9(2)18-11(12)4/h8,10,13H,5-7,15H2,1-4H3,(H,16,17)/t10?,13-/m0/s1. The Morgan fingerprint density at radius 3 is 2.67 bits per heavy atom. The molecule has 0 aromatic carbocycles. The summed E-state index contributed by atoms with van der Waals surface area (Å²) in [6.45, 7) is 8.29. The van der Waals surface area contributed by atoms with E-state index in [1.807, 2.05) is 6.92 Å². The molecule has 1 rings (SSSR count). The van der Waals surface area contributed by atoms with E-state index in [-0.39, 0.29) is 18.0 Å². The largest absolute Gasteiger partial charge is 0.348 e. The summed E-state index contributed by atoms with van der Waals surface area (Å²) >= 11 is 1.76. The van der Waals surface area contributed by atoms with E-state index in [9.17, 15) is 4.79 Å². The number of rotatable bonds is 6. The van der Waals surface area contributed by atoms with Crippen molar-refractivity contribution in [2.24, 2.45) is 5.73 Å². The van der Waals surface area contributed by atoms with Crippen molar-refractivity contribution in [2.75, 3.05) is 0 Å². The molecule has 0 saturated carbocycles. The van der Waals surface area contributed by atoms with Crippen LogP contribution in [0.5, 0.6) is 0 Å². The predicted molar refractivity (Wildman–Crippen MR) is 77.9 cm³/mol. The summed E-state index contributed by atoms with van der Waals surface area (Å²) in [7, 11) is 0. The van der Waals surface area contributed by atoms with E-state index in [0.29, 0.717) is 0 Å². The molecular formula is C14H24N2OS. The molecule has 0 bridgehead atoms. The summed E-state index contributed by atoms with van der Waals surface area (Å²) in [6, 6.07) is 1.80. The molecule has 4 heteroatoms. The van der Waals surface area contributed by atoms with Gasteiger partial charge in [-0.25, -0.2) is 0 Å². The van der Waals surface area contributed by atoms with Crippen molar-refractivity contribution in [2.45, 2.75) is 59.0 Å². The van der Waals surface area contributed by atoms with Gasteiger partial charge in [-0.05, 0) is 38.8 Å². The van der Waals surface area contributed by atoms with Gasteiger partial charge in [0.05, 0.1) is 12.1 Å². The van der Waals surface area contributed by atoms with E-state index in [1.165, 1.54) is 15.3 Å². The zero-order chi connectivity index (χ0) is 13.7. The first-order valence-electron chi connectivity index (χ1n) is 6.58. The highest BCUT2D eigenvalue weighted by atomic mass is 32.1. The number of nitrogens with one attached hydrogen (secondary N) is 1. The minimum absolute atomic E-state index is 0.0372. The van der Waals surface area contributed by atoms with Crippen LogP contribution in [0.15, 0.2) is 6.07 Å². The number of nitrogens with two attached hydrogens (primary N) is 1. The third kappa shape index (κ3) is 4.10. The van der Waals surface area contributed by atoms with Crippen molar-refractivity contribution in [3.8, 4) is 0 Å². The Kier molecular flexibility index (Phi) is 5.82. The van der Waals surface area contributed by atoms with E-state index in [0.717, 1.165) is 19.3 Å². The molecule has 18 heavy (non-hydrogen) atoms. The summed E-state index contributed by atoms with van der Waals surface area (Å²) in [6.07, 6.45) is 2.83. The molecular weight excluding hydrogens is 244 g/mol. The Hall–Kier alpha value is -0.870. The summed E-state index contributed by atoms with van der Waals surface area (Å²) in [5.74, 6) is -0.0424. The summed E-state index contributed by atoms with van der Waals surface area (Å²) in [5, 5.41) is 3.00.